The van der Waals surface area contributed by atoms with Crippen LogP contribution in [0, 0.1) is 17.8 Å². The zero-order valence-corrected chi connectivity index (χ0v) is 16.5. The zero-order chi connectivity index (χ0) is 19.5. The van der Waals surface area contributed by atoms with Gasteiger partial charge in [-0.05, 0) is 68.1 Å². The largest absolute Gasteiger partial charge is 0.478 e. The van der Waals surface area contributed by atoms with Gasteiger partial charge in [0.1, 0.15) is 0 Å². The summed E-state index contributed by atoms with van der Waals surface area (Å²) in [6.07, 6.45) is 15.0. The number of aryl methyl sites for hydroxylation is 1. The Kier molecular flexibility index (Phi) is 6.17. The Hall–Kier alpha value is -1.65. The summed E-state index contributed by atoms with van der Waals surface area (Å²) >= 11 is 0. The van der Waals surface area contributed by atoms with E-state index >= 15 is 0 Å². The predicted octanol–water partition coefficient (Wildman–Crippen LogP) is 4.61. The highest BCUT2D eigenvalue weighted by Gasteiger charge is 2.47. The van der Waals surface area contributed by atoms with E-state index in [-0.39, 0.29) is 6.10 Å². The highest BCUT2D eigenvalue weighted by atomic mass is 16.5. The number of aliphatic hydroxyl groups excluding tert-OH is 1. The molecule has 4 nitrogen and oxygen atoms in total. The average molecular weight is 385 g/mol. The van der Waals surface area contributed by atoms with E-state index < -0.39 is 5.97 Å². The number of hydrogen-bond donors (Lipinski definition) is 2. The van der Waals surface area contributed by atoms with E-state index in [0.717, 1.165) is 38.5 Å². The first-order valence-corrected chi connectivity index (χ1v) is 11.0. The lowest BCUT2D eigenvalue weighted by molar-refractivity contribution is 0.0696. The molecule has 2 aliphatic heterocycles. The van der Waals surface area contributed by atoms with Crippen LogP contribution in [0.4, 0.5) is 0 Å². The Morgan fingerprint density at radius 1 is 1.07 bits per heavy atom. The fourth-order valence-corrected chi connectivity index (χ4v) is 5.48. The third kappa shape index (κ3) is 4.33. The molecule has 0 spiro atoms. The fourth-order valence-electron chi connectivity index (χ4n) is 5.48. The lowest BCUT2D eigenvalue weighted by Gasteiger charge is -2.27. The Balaban J connectivity index is 1.36. The molecule has 1 saturated carbocycles. The fraction of sp³-hybridized carbons (Fsp3) is 0.625. The minimum absolute atomic E-state index is 0.305. The number of fused-ring (bicyclic) bond motifs is 2. The first-order valence-electron chi connectivity index (χ1n) is 11.0. The van der Waals surface area contributed by atoms with E-state index in [1.165, 1.54) is 24.8 Å². The van der Waals surface area contributed by atoms with Gasteiger partial charge in [0, 0.05) is 5.92 Å². The van der Waals surface area contributed by atoms with Crippen LogP contribution in [-0.2, 0) is 11.2 Å². The van der Waals surface area contributed by atoms with Crippen molar-refractivity contribution in [2.24, 2.45) is 17.8 Å². The van der Waals surface area contributed by atoms with Crippen LogP contribution in [0.5, 0.6) is 0 Å². The van der Waals surface area contributed by atoms with Crippen LogP contribution in [0.15, 0.2) is 36.4 Å². The van der Waals surface area contributed by atoms with Gasteiger partial charge in [-0.15, -0.1) is 0 Å². The van der Waals surface area contributed by atoms with Crippen LogP contribution < -0.4 is 0 Å². The molecular weight excluding hydrogens is 352 g/mol. The van der Waals surface area contributed by atoms with Crippen molar-refractivity contribution in [2.45, 2.75) is 76.1 Å². The van der Waals surface area contributed by atoms with Crippen LogP contribution in [0.2, 0.25) is 0 Å². The van der Waals surface area contributed by atoms with Crippen molar-refractivity contribution in [3.63, 3.8) is 0 Å². The SMILES string of the molecule is O=C(O)c1ccc(CC[C@@H]2[C@H](C=CC(O)C3CCCCC3)[C@@H]3CC[C@H]2O3)cc1. The minimum Gasteiger partial charge on any atom is -0.478 e. The minimum atomic E-state index is -0.880. The third-order valence-electron chi connectivity index (χ3n) is 7.12. The number of carbonyl (C=O) groups is 1. The molecule has 5 atom stereocenters. The summed E-state index contributed by atoms with van der Waals surface area (Å²) in [5, 5.41) is 19.6. The van der Waals surface area contributed by atoms with Crippen LogP contribution in [0.1, 0.15) is 67.3 Å². The van der Waals surface area contributed by atoms with E-state index in [0.29, 0.717) is 35.5 Å². The number of ether oxygens (including phenoxy) is 1. The lowest BCUT2D eigenvalue weighted by Crippen LogP contribution is -2.27. The Labute approximate surface area is 167 Å². The monoisotopic (exact) mass is 384 g/mol. The van der Waals surface area contributed by atoms with Gasteiger partial charge in [0.25, 0.3) is 0 Å². The van der Waals surface area contributed by atoms with Crippen molar-refractivity contribution in [1.82, 2.24) is 0 Å². The highest BCUT2D eigenvalue weighted by molar-refractivity contribution is 5.87. The second-order valence-electron chi connectivity index (χ2n) is 8.85. The molecule has 0 amide bonds. The van der Waals surface area contributed by atoms with Crippen LogP contribution >= 0.6 is 0 Å². The van der Waals surface area contributed by atoms with Gasteiger partial charge in [-0.2, -0.15) is 0 Å². The van der Waals surface area contributed by atoms with Crippen LogP contribution in [0.25, 0.3) is 0 Å². The first kappa shape index (κ1) is 19.7. The second kappa shape index (κ2) is 8.79. The van der Waals surface area contributed by atoms with Gasteiger partial charge < -0.3 is 14.9 Å². The van der Waals surface area contributed by atoms with Crippen molar-refractivity contribution < 1.29 is 19.7 Å². The molecule has 1 aliphatic carbocycles. The number of hydrogen-bond acceptors (Lipinski definition) is 3. The normalized spacial score (nSPS) is 31.5. The van der Waals surface area contributed by atoms with Gasteiger partial charge in [0.05, 0.1) is 23.9 Å². The molecule has 3 aliphatic rings. The Morgan fingerprint density at radius 3 is 2.50 bits per heavy atom. The summed E-state index contributed by atoms with van der Waals surface area (Å²) in [6, 6.07) is 7.23. The molecule has 2 saturated heterocycles. The summed E-state index contributed by atoms with van der Waals surface area (Å²) in [4.78, 5) is 11.0. The van der Waals surface area contributed by atoms with Crippen molar-refractivity contribution in [2.75, 3.05) is 0 Å². The average Bonchev–Trinajstić information content (AvgIpc) is 3.33. The molecule has 2 bridgehead atoms. The quantitative estimate of drug-likeness (QED) is 0.674. The molecule has 2 N–H and O–H groups in total. The van der Waals surface area contributed by atoms with Gasteiger partial charge in [0.2, 0.25) is 0 Å². The summed E-state index contributed by atoms with van der Waals surface area (Å²) in [7, 11) is 0. The molecular formula is C24H32O4. The number of benzene rings is 1. The zero-order valence-electron chi connectivity index (χ0n) is 16.5. The number of carboxylic acid groups (broad SMARTS) is 1. The molecule has 1 aromatic carbocycles. The molecule has 0 radical (unpaired) electrons. The third-order valence-corrected chi connectivity index (χ3v) is 7.12. The number of rotatable bonds is 7. The number of carboxylic acids is 1. The number of aliphatic hydroxyl groups is 1. The Bertz CT molecular complexity index is 689. The van der Waals surface area contributed by atoms with Crippen molar-refractivity contribution in [3.8, 4) is 0 Å². The maximum Gasteiger partial charge on any atom is 0.335 e. The van der Waals surface area contributed by atoms with Gasteiger partial charge in [-0.25, -0.2) is 4.79 Å². The van der Waals surface area contributed by atoms with Crippen LogP contribution in [0.3, 0.4) is 0 Å². The predicted molar refractivity (Wildman–Crippen MR) is 108 cm³/mol. The van der Waals surface area contributed by atoms with Gasteiger partial charge in [0.15, 0.2) is 0 Å². The van der Waals surface area contributed by atoms with Gasteiger partial charge in [-0.3, -0.25) is 0 Å². The molecule has 3 fully saturated rings. The van der Waals surface area contributed by atoms with E-state index in [1.807, 2.05) is 12.1 Å². The first-order chi connectivity index (χ1) is 13.6. The summed E-state index contributed by atoms with van der Waals surface area (Å²) in [5.41, 5.74) is 1.52. The van der Waals surface area contributed by atoms with E-state index in [4.69, 9.17) is 9.84 Å². The number of aromatic carboxylic acids is 1. The maximum absolute atomic E-state index is 11.0. The molecule has 4 heteroatoms. The Morgan fingerprint density at radius 2 is 1.79 bits per heavy atom. The topological polar surface area (TPSA) is 66.8 Å². The standard InChI is InChI=1S/C24H32O4/c25-21(17-4-2-1-3-5-17)13-12-20-19(22-14-15-23(20)28-22)11-8-16-6-9-18(10-7-16)24(26)27/h6-7,9-10,12-13,17,19-23,25H,1-5,8,11,14-15H2,(H,26,27)/t19-,20+,21?,22-,23+/m1/s1. The van der Waals surface area contributed by atoms with Gasteiger partial charge in [-0.1, -0.05) is 43.5 Å². The second-order valence-corrected chi connectivity index (χ2v) is 8.85. The molecule has 0 aromatic heterocycles. The summed E-state index contributed by atoms with van der Waals surface area (Å²) < 4.78 is 6.20. The highest BCUT2D eigenvalue weighted by Crippen LogP contribution is 2.46. The maximum atomic E-state index is 11.0. The van der Waals surface area contributed by atoms with Crippen LogP contribution in [-0.4, -0.2) is 34.5 Å². The molecule has 152 valence electrons. The van der Waals surface area contributed by atoms with Crippen molar-refractivity contribution in [3.05, 3.63) is 47.5 Å². The molecule has 2 heterocycles. The van der Waals surface area contributed by atoms with E-state index in [1.54, 1.807) is 12.1 Å². The lowest BCUT2D eigenvalue weighted by atomic mass is 9.75. The molecule has 28 heavy (non-hydrogen) atoms. The van der Waals surface area contributed by atoms with E-state index in [9.17, 15) is 9.90 Å². The van der Waals surface area contributed by atoms with Crippen molar-refractivity contribution in [1.29, 1.82) is 0 Å². The molecule has 1 unspecified atom stereocenters. The van der Waals surface area contributed by atoms with Crippen molar-refractivity contribution >= 4 is 5.97 Å². The van der Waals surface area contributed by atoms with Gasteiger partial charge >= 0.3 is 5.97 Å². The smallest absolute Gasteiger partial charge is 0.335 e. The molecule has 1 aromatic rings. The summed E-state index contributed by atoms with van der Waals surface area (Å²) in [6.45, 7) is 0. The molecule has 4 rings (SSSR count). The van der Waals surface area contributed by atoms with E-state index in [2.05, 4.69) is 12.2 Å². The summed E-state index contributed by atoms with van der Waals surface area (Å²) in [5.74, 6) is 0.438.